The molecule has 1 aromatic carbocycles. The molecule has 3 aromatic rings. The fourth-order valence-electron chi connectivity index (χ4n) is 3.98. The van der Waals surface area contributed by atoms with E-state index >= 15 is 0 Å². The molecule has 0 radical (unpaired) electrons. The molecule has 0 amide bonds. The van der Waals surface area contributed by atoms with Crippen LogP contribution in [-0.2, 0) is 20.6 Å². The van der Waals surface area contributed by atoms with Gasteiger partial charge in [0.1, 0.15) is 0 Å². The standard InChI is InChI=1S/C20H24Cl2N6O2/c1-26-16-17(25-19(26)24-13-6-4-12(23)5-7-13)27(2)20(30)28(18(16)29)10-11-3-8-14(21)15(22)9-11/h3,8-9,12-13H,4-7,10,23H2,1-2H3,(H,24,25). The molecular formula is C20H24Cl2N6O2. The number of aryl methyl sites for hydroxylation is 2. The summed E-state index contributed by atoms with van der Waals surface area (Å²) < 4.78 is 4.31. The molecule has 160 valence electrons. The molecular weight excluding hydrogens is 427 g/mol. The number of hydrogen-bond acceptors (Lipinski definition) is 5. The number of nitrogens with two attached hydrogens (primary N) is 1. The summed E-state index contributed by atoms with van der Waals surface area (Å²) in [5.41, 5.74) is 6.59. The second-order valence-corrected chi connectivity index (χ2v) is 8.72. The van der Waals surface area contributed by atoms with Crippen LogP contribution in [0.2, 0.25) is 10.0 Å². The molecule has 1 fully saturated rings. The fourth-order valence-corrected chi connectivity index (χ4v) is 4.30. The summed E-state index contributed by atoms with van der Waals surface area (Å²) in [5.74, 6) is 0.574. The Labute approximate surface area is 183 Å². The Morgan fingerprint density at radius 1 is 1.10 bits per heavy atom. The Balaban J connectivity index is 1.74. The number of nitrogens with one attached hydrogen (secondary N) is 1. The lowest BCUT2D eigenvalue weighted by atomic mass is 9.92. The van der Waals surface area contributed by atoms with Gasteiger partial charge in [0.15, 0.2) is 11.2 Å². The van der Waals surface area contributed by atoms with Crippen molar-refractivity contribution in [1.29, 1.82) is 0 Å². The first-order chi connectivity index (χ1) is 14.3. The second-order valence-electron chi connectivity index (χ2n) is 7.90. The Hall–Kier alpha value is -2.29. The van der Waals surface area contributed by atoms with E-state index in [1.54, 1.807) is 36.9 Å². The third-order valence-electron chi connectivity index (χ3n) is 5.79. The number of benzene rings is 1. The van der Waals surface area contributed by atoms with Crippen molar-refractivity contribution in [2.24, 2.45) is 19.8 Å². The molecule has 1 aliphatic rings. The van der Waals surface area contributed by atoms with Crippen molar-refractivity contribution in [3.05, 3.63) is 54.6 Å². The Morgan fingerprint density at radius 2 is 1.80 bits per heavy atom. The zero-order chi connectivity index (χ0) is 21.6. The second kappa shape index (κ2) is 8.09. The topological polar surface area (TPSA) is 99.9 Å². The predicted molar refractivity (Wildman–Crippen MR) is 120 cm³/mol. The largest absolute Gasteiger partial charge is 0.353 e. The molecule has 8 nitrogen and oxygen atoms in total. The van der Waals surface area contributed by atoms with Gasteiger partial charge in [0.2, 0.25) is 5.95 Å². The van der Waals surface area contributed by atoms with E-state index in [0.717, 1.165) is 25.7 Å². The van der Waals surface area contributed by atoms with E-state index < -0.39 is 11.2 Å². The van der Waals surface area contributed by atoms with Gasteiger partial charge in [-0.1, -0.05) is 29.3 Å². The van der Waals surface area contributed by atoms with Crippen molar-refractivity contribution in [3.63, 3.8) is 0 Å². The van der Waals surface area contributed by atoms with Crippen LogP contribution in [0.15, 0.2) is 27.8 Å². The number of fused-ring (bicyclic) bond motifs is 1. The molecule has 2 heterocycles. The number of halogens is 2. The lowest BCUT2D eigenvalue weighted by Crippen LogP contribution is -2.39. The summed E-state index contributed by atoms with van der Waals surface area (Å²) in [7, 11) is 3.40. The van der Waals surface area contributed by atoms with Gasteiger partial charge in [-0.15, -0.1) is 0 Å². The zero-order valence-electron chi connectivity index (χ0n) is 16.9. The molecule has 0 aliphatic heterocycles. The highest BCUT2D eigenvalue weighted by atomic mass is 35.5. The van der Waals surface area contributed by atoms with Crippen LogP contribution in [0, 0.1) is 0 Å². The number of rotatable bonds is 4. The van der Waals surface area contributed by atoms with E-state index in [0.29, 0.717) is 32.7 Å². The smallest absolute Gasteiger partial charge is 0.332 e. The van der Waals surface area contributed by atoms with Gasteiger partial charge in [-0.2, -0.15) is 4.98 Å². The number of nitrogens with zero attached hydrogens (tertiary/aromatic N) is 4. The highest BCUT2D eigenvalue weighted by Crippen LogP contribution is 2.24. The summed E-state index contributed by atoms with van der Waals surface area (Å²) in [6.45, 7) is 0.0901. The third-order valence-corrected chi connectivity index (χ3v) is 6.53. The van der Waals surface area contributed by atoms with E-state index in [9.17, 15) is 9.59 Å². The minimum Gasteiger partial charge on any atom is -0.353 e. The molecule has 4 rings (SSSR count). The minimum absolute atomic E-state index is 0.0901. The summed E-state index contributed by atoms with van der Waals surface area (Å²) in [6.07, 6.45) is 3.81. The first kappa shape index (κ1) is 21.0. The van der Waals surface area contributed by atoms with Crippen LogP contribution in [0.1, 0.15) is 31.2 Å². The van der Waals surface area contributed by atoms with Gasteiger partial charge in [0.25, 0.3) is 5.56 Å². The predicted octanol–water partition coefficient (Wildman–Crippen LogP) is 2.47. The van der Waals surface area contributed by atoms with Crippen molar-refractivity contribution in [2.45, 2.75) is 44.3 Å². The van der Waals surface area contributed by atoms with Gasteiger partial charge in [-0.3, -0.25) is 13.9 Å². The summed E-state index contributed by atoms with van der Waals surface area (Å²) >= 11 is 12.1. The van der Waals surface area contributed by atoms with Crippen LogP contribution in [0.5, 0.6) is 0 Å². The zero-order valence-corrected chi connectivity index (χ0v) is 18.4. The van der Waals surface area contributed by atoms with E-state index in [4.69, 9.17) is 28.9 Å². The molecule has 0 saturated heterocycles. The van der Waals surface area contributed by atoms with Crippen molar-refractivity contribution in [3.8, 4) is 0 Å². The first-order valence-electron chi connectivity index (χ1n) is 9.88. The number of aromatic nitrogens is 4. The normalized spacial score (nSPS) is 19.4. The van der Waals surface area contributed by atoms with Gasteiger partial charge >= 0.3 is 5.69 Å². The van der Waals surface area contributed by atoms with Gasteiger partial charge in [-0.25, -0.2) is 4.79 Å². The van der Waals surface area contributed by atoms with Crippen LogP contribution >= 0.6 is 23.2 Å². The quantitative estimate of drug-likeness (QED) is 0.635. The maximum Gasteiger partial charge on any atom is 0.332 e. The molecule has 1 saturated carbocycles. The van der Waals surface area contributed by atoms with Gasteiger partial charge < -0.3 is 15.6 Å². The molecule has 0 bridgehead atoms. The Morgan fingerprint density at radius 3 is 2.47 bits per heavy atom. The van der Waals surface area contributed by atoms with Gasteiger partial charge in [0.05, 0.1) is 16.6 Å². The summed E-state index contributed by atoms with van der Waals surface area (Å²) in [4.78, 5) is 30.7. The Bertz CT molecular complexity index is 1220. The average molecular weight is 451 g/mol. The van der Waals surface area contributed by atoms with Crippen molar-refractivity contribution in [2.75, 3.05) is 5.32 Å². The van der Waals surface area contributed by atoms with Crippen molar-refractivity contribution < 1.29 is 0 Å². The van der Waals surface area contributed by atoms with E-state index in [1.165, 1.54) is 9.13 Å². The highest BCUT2D eigenvalue weighted by Gasteiger charge is 2.23. The van der Waals surface area contributed by atoms with Crippen LogP contribution in [0.25, 0.3) is 11.2 Å². The maximum absolute atomic E-state index is 13.2. The molecule has 0 unspecified atom stereocenters. The van der Waals surface area contributed by atoms with Crippen LogP contribution in [0.3, 0.4) is 0 Å². The lowest BCUT2D eigenvalue weighted by molar-refractivity contribution is 0.409. The van der Waals surface area contributed by atoms with Gasteiger partial charge in [0, 0.05) is 26.2 Å². The highest BCUT2D eigenvalue weighted by molar-refractivity contribution is 6.42. The number of hydrogen-bond donors (Lipinski definition) is 2. The Kier molecular flexibility index (Phi) is 5.65. The summed E-state index contributed by atoms with van der Waals surface area (Å²) in [5, 5.41) is 4.21. The van der Waals surface area contributed by atoms with Crippen molar-refractivity contribution in [1.82, 2.24) is 18.7 Å². The number of imidazole rings is 1. The average Bonchev–Trinajstić information content (AvgIpc) is 3.04. The lowest BCUT2D eigenvalue weighted by Gasteiger charge is -2.27. The van der Waals surface area contributed by atoms with E-state index in [2.05, 4.69) is 10.3 Å². The molecule has 3 N–H and O–H groups in total. The minimum atomic E-state index is -0.438. The van der Waals surface area contributed by atoms with Crippen LogP contribution < -0.4 is 22.3 Å². The molecule has 1 aliphatic carbocycles. The third kappa shape index (κ3) is 3.75. The van der Waals surface area contributed by atoms with Gasteiger partial charge in [-0.05, 0) is 43.4 Å². The van der Waals surface area contributed by atoms with Crippen LogP contribution in [0.4, 0.5) is 5.95 Å². The maximum atomic E-state index is 13.2. The molecule has 10 heteroatoms. The van der Waals surface area contributed by atoms with E-state index in [-0.39, 0.29) is 18.6 Å². The molecule has 2 aromatic heterocycles. The SMILES string of the molecule is Cn1c(NC2CCC(N)CC2)nc2c1c(=O)n(Cc1ccc(Cl)c(Cl)c1)c(=O)n2C. The van der Waals surface area contributed by atoms with E-state index in [1.807, 2.05) is 0 Å². The molecule has 30 heavy (non-hydrogen) atoms. The summed E-state index contributed by atoms with van der Waals surface area (Å²) in [6, 6.07) is 5.54. The van der Waals surface area contributed by atoms with Crippen LogP contribution in [-0.4, -0.2) is 30.8 Å². The van der Waals surface area contributed by atoms with Crippen molar-refractivity contribution >= 4 is 40.3 Å². The fraction of sp³-hybridized carbons (Fsp3) is 0.450. The molecule has 0 atom stereocenters. The monoisotopic (exact) mass is 450 g/mol. The molecule has 0 spiro atoms. The first-order valence-corrected chi connectivity index (χ1v) is 10.6. The number of anilines is 1.